The maximum Gasteiger partial charge on any atom is 0.310 e. The Kier molecular flexibility index (Phi) is 5.61. The molecular formula is C14H19NO5. The lowest BCUT2D eigenvalue weighted by Gasteiger charge is -2.13. The van der Waals surface area contributed by atoms with Crippen LogP contribution in [0.15, 0.2) is 4.52 Å². The number of ketones is 2. The Balaban J connectivity index is 2.66. The smallest absolute Gasteiger partial charge is 0.310 e. The summed E-state index contributed by atoms with van der Waals surface area (Å²) >= 11 is 0. The second-order valence-electron chi connectivity index (χ2n) is 4.92. The van der Waals surface area contributed by atoms with Gasteiger partial charge in [-0.15, -0.1) is 0 Å². The van der Waals surface area contributed by atoms with Gasteiger partial charge >= 0.3 is 5.97 Å². The van der Waals surface area contributed by atoms with Gasteiger partial charge in [-0.2, -0.15) is 0 Å². The average molecular weight is 281 g/mol. The molecule has 1 heterocycles. The van der Waals surface area contributed by atoms with E-state index in [9.17, 15) is 14.4 Å². The van der Waals surface area contributed by atoms with Crippen molar-refractivity contribution in [2.45, 2.75) is 47.1 Å². The third-order valence-corrected chi connectivity index (χ3v) is 2.94. The van der Waals surface area contributed by atoms with Gasteiger partial charge in [0.25, 0.3) is 0 Å². The molecule has 6 nitrogen and oxygen atoms in total. The van der Waals surface area contributed by atoms with Crippen molar-refractivity contribution in [1.82, 2.24) is 5.16 Å². The molecule has 0 fully saturated rings. The van der Waals surface area contributed by atoms with Crippen molar-refractivity contribution in [3.63, 3.8) is 0 Å². The van der Waals surface area contributed by atoms with Crippen molar-refractivity contribution < 1.29 is 23.6 Å². The molecule has 1 aromatic heterocycles. The maximum absolute atomic E-state index is 12.0. The van der Waals surface area contributed by atoms with Crippen molar-refractivity contribution in [3.05, 3.63) is 17.0 Å². The summed E-state index contributed by atoms with van der Waals surface area (Å²) in [7, 11) is 0. The first-order valence-corrected chi connectivity index (χ1v) is 6.38. The standard InChI is InChI=1S/C14H19NO5/c1-8(16)5-12(6-9(2)17)14(18)19-7-13-10(3)15-20-11(13)4/h12H,5-7H2,1-4H3. The lowest BCUT2D eigenvalue weighted by Crippen LogP contribution is -2.22. The molecule has 6 heteroatoms. The Bertz CT molecular complexity index is 482. The van der Waals surface area contributed by atoms with Crippen LogP contribution in [0.5, 0.6) is 0 Å². The Labute approximate surface area is 117 Å². The lowest BCUT2D eigenvalue weighted by molar-refractivity contribution is -0.152. The molecule has 0 N–H and O–H groups in total. The van der Waals surface area contributed by atoms with E-state index in [1.807, 2.05) is 0 Å². The zero-order valence-electron chi connectivity index (χ0n) is 12.2. The summed E-state index contributed by atoms with van der Waals surface area (Å²) in [5.74, 6) is -0.970. The van der Waals surface area contributed by atoms with E-state index in [4.69, 9.17) is 9.26 Å². The minimum atomic E-state index is -0.717. The van der Waals surface area contributed by atoms with Gasteiger partial charge in [0.15, 0.2) is 0 Å². The Morgan fingerprint density at radius 2 is 1.70 bits per heavy atom. The van der Waals surface area contributed by atoms with Crippen LogP contribution in [-0.2, 0) is 25.7 Å². The minimum absolute atomic E-state index is 0.0139. The van der Waals surface area contributed by atoms with Crippen LogP contribution in [0.3, 0.4) is 0 Å². The highest BCUT2D eigenvalue weighted by molar-refractivity contribution is 5.87. The molecule has 0 spiro atoms. The normalized spacial score (nSPS) is 10.7. The molecule has 0 amide bonds. The molecule has 0 saturated carbocycles. The zero-order chi connectivity index (χ0) is 15.3. The van der Waals surface area contributed by atoms with E-state index in [1.165, 1.54) is 13.8 Å². The van der Waals surface area contributed by atoms with Gasteiger partial charge in [-0.25, -0.2) is 0 Å². The van der Waals surface area contributed by atoms with E-state index < -0.39 is 11.9 Å². The van der Waals surface area contributed by atoms with Gasteiger partial charge in [0.2, 0.25) is 0 Å². The fourth-order valence-corrected chi connectivity index (χ4v) is 1.90. The van der Waals surface area contributed by atoms with E-state index in [1.54, 1.807) is 13.8 Å². The fourth-order valence-electron chi connectivity index (χ4n) is 1.90. The number of aryl methyl sites for hydroxylation is 2. The number of carbonyl (C=O) groups is 3. The SMILES string of the molecule is CC(=O)CC(CC(C)=O)C(=O)OCc1c(C)noc1C. The molecule has 0 bridgehead atoms. The first-order valence-electron chi connectivity index (χ1n) is 6.38. The number of nitrogens with zero attached hydrogens (tertiary/aromatic N) is 1. The molecule has 20 heavy (non-hydrogen) atoms. The lowest BCUT2D eigenvalue weighted by atomic mass is 9.97. The summed E-state index contributed by atoms with van der Waals surface area (Å²) in [5.41, 5.74) is 1.37. The van der Waals surface area contributed by atoms with Crippen LogP contribution in [0, 0.1) is 19.8 Å². The summed E-state index contributed by atoms with van der Waals surface area (Å²) in [4.78, 5) is 34.2. The first kappa shape index (κ1) is 16.1. The maximum atomic E-state index is 12.0. The van der Waals surface area contributed by atoms with Crippen molar-refractivity contribution in [1.29, 1.82) is 0 Å². The molecule has 0 aliphatic carbocycles. The monoisotopic (exact) mass is 281 g/mol. The number of hydrogen-bond acceptors (Lipinski definition) is 6. The second-order valence-corrected chi connectivity index (χ2v) is 4.92. The zero-order valence-corrected chi connectivity index (χ0v) is 12.2. The summed E-state index contributed by atoms with van der Waals surface area (Å²) in [6.45, 7) is 6.28. The predicted octanol–water partition coefficient (Wildman–Crippen LogP) is 1.91. The molecule has 0 unspecified atom stereocenters. The molecule has 0 aromatic carbocycles. The number of hydrogen-bond donors (Lipinski definition) is 0. The summed E-state index contributed by atoms with van der Waals surface area (Å²) in [6.07, 6.45) is 0.0278. The van der Waals surface area contributed by atoms with Crippen LogP contribution in [0.1, 0.15) is 43.7 Å². The molecule has 0 radical (unpaired) electrons. The molecular weight excluding hydrogens is 262 g/mol. The predicted molar refractivity (Wildman–Crippen MR) is 69.9 cm³/mol. The van der Waals surface area contributed by atoms with Crippen molar-refractivity contribution in [3.8, 4) is 0 Å². The van der Waals surface area contributed by atoms with E-state index in [-0.39, 0.29) is 31.0 Å². The van der Waals surface area contributed by atoms with Crippen molar-refractivity contribution in [2.75, 3.05) is 0 Å². The Morgan fingerprint density at radius 1 is 1.15 bits per heavy atom. The molecule has 1 rings (SSSR count). The molecule has 0 atom stereocenters. The summed E-state index contributed by atoms with van der Waals surface area (Å²) in [5, 5.41) is 3.76. The van der Waals surface area contributed by atoms with Crippen LogP contribution in [0.2, 0.25) is 0 Å². The quantitative estimate of drug-likeness (QED) is 0.709. The second kappa shape index (κ2) is 6.98. The third kappa shape index (κ3) is 4.60. The Hall–Kier alpha value is -1.98. The average Bonchev–Trinajstić information content (AvgIpc) is 2.64. The van der Waals surface area contributed by atoms with Gasteiger partial charge in [-0.1, -0.05) is 5.16 Å². The van der Waals surface area contributed by atoms with Gasteiger partial charge in [0.1, 0.15) is 23.9 Å². The number of ether oxygens (including phenoxy) is 1. The topological polar surface area (TPSA) is 86.5 Å². The minimum Gasteiger partial charge on any atom is -0.460 e. The first-order chi connectivity index (χ1) is 9.31. The van der Waals surface area contributed by atoms with Gasteiger partial charge < -0.3 is 18.8 Å². The molecule has 0 aliphatic heterocycles. The van der Waals surface area contributed by atoms with E-state index in [2.05, 4.69) is 5.16 Å². The molecule has 0 aliphatic rings. The van der Waals surface area contributed by atoms with E-state index in [0.717, 1.165) is 0 Å². The Morgan fingerprint density at radius 3 is 2.10 bits per heavy atom. The van der Waals surface area contributed by atoms with Crippen molar-refractivity contribution in [2.24, 2.45) is 5.92 Å². The van der Waals surface area contributed by atoms with E-state index >= 15 is 0 Å². The van der Waals surface area contributed by atoms with Gasteiger partial charge in [-0.05, 0) is 27.7 Å². The molecule has 110 valence electrons. The highest BCUT2D eigenvalue weighted by Crippen LogP contribution is 2.17. The van der Waals surface area contributed by atoms with Crippen LogP contribution in [-0.4, -0.2) is 22.7 Å². The largest absolute Gasteiger partial charge is 0.460 e. The van der Waals surface area contributed by atoms with Crippen LogP contribution in [0.25, 0.3) is 0 Å². The third-order valence-electron chi connectivity index (χ3n) is 2.94. The van der Waals surface area contributed by atoms with Crippen LogP contribution < -0.4 is 0 Å². The number of rotatable bonds is 7. The van der Waals surface area contributed by atoms with E-state index in [0.29, 0.717) is 17.0 Å². The number of carbonyl (C=O) groups excluding carboxylic acids is 3. The van der Waals surface area contributed by atoms with Crippen LogP contribution in [0.4, 0.5) is 0 Å². The fraction of sp³-hybridized carbons (Fsp3) is 0.571. The number of esters is 1. The number of aromatic nitrogens is 1. The van der Waals surface area contributed by atoms with Crippen LogP contribution >= 0.6 is 0 Å². The van der Waals surface area contributed by atoms with Gasteiger partial charge in [-0.3, -0.25) is 4.79 Å². The van der Waals surface area contributed by atoms with Gasteiger partial charge in [0, 0.05) is 12.8 Å². The highest BCUT2D eigenvalue weighted by atomic mass is 16.5. The summed E-state index contributed by atoms with van der Waals surface area (Å²) < 4.78 is 10.1. The summed E-state index contributed by atoms with van der Waals surface area (Å²) in [6, 6.07) is 0. The molecule has 0 saturated heterocycles. The van der Waals surface area contributed by atoms with Crippen molar-refractivity contribution >= 4 is 17.5 Å². The molecule has 1 aromatic rings. The van der Waals surface area contributed by atoms with Gasteiger partial charge in [0.05, 0.1) is 17.2 Å². The highest BCUT2D eigenvalue weighted by Gasteiger charge is 2.24. The number of Topliss-reactive ketones (excluding diaryl/α,β-unsaturated/α-hetero) is 2.